The number of nitrogens with zero attached hydrogens (tertiary/aromatic N) is 2. The Hall–Kier alpha value is -1.73. The first-order valence-electron chi connectivity index (χ1n) is 8.24. The van der Waals surface area contributed by atoms with E-state index in [4.69, 9.17) is 0 Å². The van der Waals surface area contributed by atoms with Crippen molar-refractivity contribution in [2.24, 2.45) is 11.0 Å². The number of carbonyl (C=O) groups excluding carboxylic acids is 1. The molecule has 1 aliphatic heterocycles. The Labute approximate surface area is 144 Å². The summed E-state index contributed by atoms with van der Waals surface area (Å²) in [5.41, 5.74) is 4.46. The molecular formula is C17H25N3O3S. The zero-order valence-electron chi connectivity index (χ0n) is 14.4. The predicted molar refractivity (Wildman–Crippen MR) is 94.2 cm³/mol. The summed E-state index contributed by atoms with van der Waals surface area (Å²) in [5.74, 6) is -0.321. The summed E-state index contributed by atoms with van der Waals surface area (Å²) in [7, 11) is -3.48. The number of aryl methyl sites for hydroxylation is 1. The lowest BCUT2D eigenvalue weighted by Crippen LogP contribution is -2.42. The van der Waals surface area contributed by atoms with Crippen molar-refractivity contribution in [2.45, 2.75) is 44.9 Å². The van der Waals surface area contributed by atoms with Crippen molar-refractivity contribution in [1.82, 2.24) is 9.73 Å². The summed E-state index contributed by atoms with van der Waals surface area (Å²) < 4.78 is 26.7. The van der Waals surface area contributed by atoms with Crippen molar-refractivity contribution >= 4 is 21.6 Å². The Kier molecular flexibility index (Phi) is 6.12. The van der Waals surface area contributed by atoms with Crippen LogP contribution in [0.4, 0.5) is 0 Å². The molecule has 0 atom stereocenters. The van der Waals surface area contributed by atoms with E-state index < -0.39 is 10.0 Å². The van der Waals surface area contributed by atoms with Gasteiger partial charge in [0.2, 0.25) is 15.9 Å². The second kappa shape index (κ2) is 7.90. The van der Waals surface area contributed by atoms with Crippen LogP contribution in [-0.2, 0) is 14.8 Å². The summed E-state index contributed by atoms with van der Waals surface area (Å²) >= 11 is 0. The molecule has 2 rings (SSSR count). The molecule has 1 aliphatic rings. The maximum Gasteiger partial charge on any atom is 0.243 e. The van der Waals surface area contributed by atoms with Crippen LogP contribution in [0.3, 0.4) is 0 Å². The van der Waals surface area contributed by atoms with Gasteiger partial charge in [0.15, 0.2) is 0 Å². The number of amides is 1. The minimum Gasteiger partial charge on any atom is -0.273 e. The Balaban J connectivity index is 1.97. The second-order valence-corrected chi connectivity index (χ2v) is 8.11. The number of piperidine rings is 1. The first kappa shape index (κ1) is 18.6. The number of sulfonamides is 1. The largest absolute Gasteiger partial charge is 0.273 e. The van der Waals surface area contributed by atoms with Gasteiger partial charge in [0.05, 0.1) is 4.90 Å². The molecule has 1 aromatic carbocycles. The summed E-state index contributed by atoms with van der Waals surface area (Å²) in [6, 6.07) is 6.85. The zero-order valence-corrected chi connectivity index (χ0v) is 15.3. The predicted octanol–water partition coefficient (Wildman–Crippen LogP) is 2.30. The Morgan fingerprint density at radius 1 is 1.25 bits per heavy atom. The number of carbonyl (C=O) groups is 1. The Morgan fingerprint density at radius 3 is 2.38 bits per heavy atom. The normalized spacial score (nSPS) is 17.7. The number of benzene rings is 1. The molecule has 24 heavy (non-hydrogen) atoms. The van der Waals surface area contributed by atoms with E-state index in [1.54, 1.807) is 24.3 Å². The fraction of sp³-hybridized carbons (Fsp3) is 0.529. The van der Waals surface area contributed by atoms with E-state index in [1.807, 2.05) is 20.8 Å². The molecule has 0 saturated carbocycles. The molecule has 0 aromatic heterocycles. The average molecular weight is 351 g/mol. The van der Waals surface area contributed by atoms with Crippen LogP contribution in [-0.4, -0.2) is 37.4 Å². The van der Waals surface area contributed by atoms with Crippen molar-refractivity contribution in [3.05, 3.63) is 29.8 Å². The van der Waals surface area contributed by atoms with E-state index in [1.165, 1.54) is 4.31 Å². The molecule has 1 fully saturated rings. The lowest BCUT2D eigenvalue weighted by Gasteiger charge is -2.30. The van der Waals surface area contributed by atoms with Gasteiger partial charge in [-0.1, -0.05) is 24.6 Å². The third-order valence-electron chi connectivity index (χ3n) is 4.35. The molecule has 0 unspecified atom stereocenters. The highest BCUT2D eigenvalue weighted by Gasteiger charge is 2.31. The van der Waals surface area contributed by atoms with Crippen LogP contribution in [0.5, 0.6) is 0 Å². The summed E-state index contributed by atoms with van der Waals surface area (Å²) in [4.78, 5) is 12.4. The molecule has 1 saturated heterocycles. The smallest absolute Gasteiger partial charge is 0.243 e. The van der Waals surface area contributed by atoms with Gasteiger partial charge in [-0.15, -0.1) is 0 Å². The van der Waals surface area contributed by atoms with E-state index >= 15 is 0 Å². The van der Waals surface area contributed by atoms with Crippen molar-refractivity contribution in [3.8, 4) is 0 Å². The van der Waals surface area contributed by atoms with E-state index in [2.05, 4.69) is 10.5 Å². The molecule has 6 nitrogen and oxygen atoms in total. The number of nitrogens with one attached hydrogen (secondary N) is 1. The summed E-state index contributed by atoms with van der Waals surface area (Å²) in [6.07, 6.45) is 1.81. The zero-order chi connectivity index (χ0) is 17.7. The maximum atomic E-state index is 12.6. The minimum atomic E-state index is -3.48. The van der Waals surface area contributed by atoms with Gasteiger partial charge >= 0.3 is 0 Å². The highest BCUT2D eigenvalue weighted by molar-refractivity contribution is 7.89. The first-order valence-corrected chi connectivity index (χ1v) is 9.68. The molecule has 0 bridgehead atoms. The van der Waals surface area contributed by atoms with Gasteiger partial charge in [-0.05, 0) is 45.2 Å². The highest BCUT2D eigenvalue weighted by atomic mass is 32.2. The van der Waals surface area contributed by atoms with Crippen LogP contribution in [0.25, 0.3) is 0 Å². The van der Waals surface area contributed by atoms with Crippen LogP contribution in [0.2, 0.25) is 0 Å². The quantitative estimate of drug-likeness (QED) is 0.653. The number of hydrazone groups is 1. The third kappa shape index (κ3) is 4.42. The van der Waals surface area contributed by atoms with Crippen molar-refractivity contribution in [3.63, 3.8) is 0 Å². The van der Waals surface area contributed by atoms with E-state index in [0.717, 1.165) is 17.7 Å². The Bertz CT molecular complexity index is 703. The van der Waals surface area contributed by atoms with Crippen molar-refractivity contribution in [2.75, 3.05) is 13.1 Å². The standard InChI is InChI=1S/C17H25N3O3S/c1-4-14(3)18-19-17(21)15-9-11-20(12-10-15)24(22,23)16-7-5-13(2)6-8-16/h5-8,15H,4,9-12H2,1-3H3,(H,19,21)/b18-14+. The van der Waals surface area contributed by atoms with Gasteiger partial charge in [-0.25, -0.2) is 13.8 Å². The van der Waals surface area contributed by atoms with E-state index in [-0.39, 0.29) is 11.8 Å². The fourth-order valence-corrected chi connectivity index (χ4v) is 4.01. The third-order valence-corrected chi connectivity index (χ3v) is 6.26. The number of hydrogen-bond donors (Lipinski definition) is 1. The maximum absolute atomic E-state index is 12.6. The summed E-state index contributed by atoms with van der Waals surface area (Å²) in [5, 5.41) is 4.03. The van der Waals surface area contributed by atoms with Gasteiger partial charge in [-0.3, -0.25) is 4.79 Å². The lowest BCUT2D eigenvalue weighted by molar-refractivity contribution is -0.126. The van der Waals surface area contributed by atoms with Crippen LogP contribution >= 0.6 is 0 Å². The molecule has 1 N–H and O–H groups in total. The molecule has 1 aromatic rings. The lowest BCUT2D eigenvalue weighted by atomic mass is 9.98. The first-order chi connectivity index (χ1) is 11.3. The van der Waals surface area contributed by atoms with Gasteiger partial charge in [0.25, 0.3) is 0 Å². The molecule has 0 spiro atoms. The van der Waals surface area contributed by atoms with E-state index in [9.17, 15) is 13.2 Å². The van der Waals surface area contributed by atoms with Crippen molar-refractivity contribution < 1.29 is 13.2 Å². The van der Waals surface area contributed by atoms with Crippen LogP contribution in [0.1, 0.15) is 38.7 Å². The molecular weight excluding hydrogens is 326 g/mol. The summed E-state index contributed by atoms with van der Waals surface area (Å²) in [6.45, 7) is 6.45. The average Bonchev–Trinajstić information content (AvgIpc) is 2.59. The minimum absolute atomic E-state index is 0.129. The van der Waals surface area contributed by atoms with Gasteiger partial charge in [0, 0.05) is 24.7 Å². The van der Waals surface area contributed by atoms with Crippen molar-refractivity contribution in [1.29, 1.82) is 0 Å². The molecule has 1 amide bonds. The molecule has 132 valence electrons. The SMILES string of the molecule is CC/C(C)=N/NC(=O)C1CCN(S(=O)(=O)c2ccc(C)cc2)CC1. The molecule has 0 aliphatic carbocycles. The fourth-order valence-electron chi connectivity index (χ4n) is 2.54. The molecule has 7 heteroatoms. The molecule has 0 radical (unpaired) electrons. The topological polar surface area (TPSA) is 78.8 Å². The number of rotatable bonds is 5. The monoisotopic (exact) mass is 351 g/mol. The highest BCUT2D eigenvalue weighted by Crippen LogP contribution is 2.24. The van der Waals surface area contributed by atoms with Gasteiger partial charge < -0.3 is 0 Å². The van der Waals surface area contributed by atoms with Crippen LogP contribution in [0, 0.1) is 12.8 Å². The van der Waals surface area contributed by atoms with Crippen LogP contribution in [0.15, 0.2) is 34.3 Å². The Morgan fingerprint density at radius 2 is 1.83 bits per heavy atom. The second-order valence-electron chi connectivity index (χ2n) is 6.17. The van der Waals surface area contributed by atoms with E-state index in [0.29, 0.717) is 30.8 Å². The van der Waals surface area contributed by atoms with Gasteiger partial charge in [0.1, 0.15) is 0 Å². The molecule has 1 heterocycles. The number of hydrogen-bond acceptors (Lipinski definition) is 4. The van der Waals surface area contributed by atoms with Crippen LogP contribution < -0.4 is 5.43 Å². The van der Waals surface area contributed by atoms with Gasteiger partial charge in [-0.2, -0.15) is 9.41 Å².